The summed E-state index contributed by atoms with van der Waals surface area (Å²) in [5, 5.41) is 19.7. The summed E-state index contributed by atoms with van der Waals surface area (Å²) in [4.78, 5) is 0. The molecule has 66 valence electrons. The van der Waals surface area contributed by atoms with Gasteiger partial charge in [-0.1, -0.05) is 12.1 Å². The number of aliphatic hydroxyl groups is 1. The molecule has 2 rings (SSSR count). The second-order valence-corrected chi connectivity index (χ2v) is 2.58. The number of nitrogens with zero attached hydrogens (tertiary/aromatic N) is 4. The third-order valence-corrected chi connectivity index (χ3v) is 1.71. The summed E-state index contributed by atoms with van der Waals surface area (Å²) < 4.78 is 1.54. The summed E-state index contributed by atoms with van der Waals surface area (Å²) in [6, 6.07) is 7.39. The van der Waals surface area contributed by atoms with Crippen molar-refractivity contribution in [3.05, 3.63) is 36.2 Å². The Bertz CT molecular complexity index is 385. The minimum Gasteiger partial charge on any atom is -0.392 e. The van der Waals surface area contributed by atoms with Crippen molar-refractivity contribution in [3.8, 4) is 5.69 Å². The fraction of sp³-hybridized carbons (Fsp3) is 0.125. The van der Waals surface area contributed by atoms with Crippen molar-refractivity contribution >= 4 is 0 Å². The van der Waals surface area contributed by atoms with Gasteiger partial charge in [-0.3, -0.25) is 0 Å². The normalized spacial score (nSPS) is 10.2. The van der Waals surface area contributed by atoms with Crippen LogP contribution in [0.1, 0.15) is 5.56 Å². The first-order valence-electron chi connectivity index (χ1n) is 3.83. The second-order valence-electron chi connectivity index (χ2n) is 2.58. The number of hydrogen-bond acceptors (Lipinski definition) is 4. The van der Waals surface area contributed by atoms with Gasteiger partial charge in [-0.15, -0.1) is 5.10 Å². The van der Waals surface area contributed by atoms with Crippen LogP contribution in [0.4, 0.5) is 0 Å². The Balaban J connectivity index is 2.41. The van der Waals surface area contributed by atoms with Crippen molar-refractivity contribution in [2.24, 2.45) is 0 Å². The van der Waals surface area contributed by atoms with E-state index in [1.54, 1.807) is 4.68 Å². The minimum absolute atomic E-state index is 0.0238. The van der Waals surface area contributed by atoms with Gasteiger partial charge in [0.2, 0.25) is 0 Å². The molecule has 0 saturated heterocycles. The average molecular weight is 176 g/mol. The molecular weight excluding hydrogens is 168 g/mol. The second kappa shape index (κ2) is 3.32. The summed E-state index contributed by atoms with van der Waals surface area (Å²) in [7, 11) is 0. The molecule has 0 aliphatic rings. The van der Waals surface area contributed by atoms with Crippen molar-refractivity contribution in [2.45, 2.75) is 6.61 Å². The molecule has 5 heteroatoms. The van der Waals surface area contributed by atoms with E-state index in [1.165, 1.54) is 6.33 Å². The predicted octanol–water partition coefficient (Wildman–Crippen LogP) is 0.155. The topological polar surface area (TPSA) is 63.8 Å². The van der Waals surface area contributed by atoms with Crippen LogP contribution in [0.3, 0.4) is 0 Å². The van der Waals surface area contributed by atoms with E-state index >= 15 is 0 Å². The van der Waals surface area contributed by atoms with E-state index in [-0.39, 0.29) is 6.61 Å². The maximum Gasteiger partial charge on any atom is 0.143 e. The van der Waals surface area contributed by atoms with Crippen LogP contribution in [-0.2, 0) is 6.61 Å². The number of aliphatic hydroxyl groups excluding tert-OH is 1. The molecule has 0 radical (unpaired) electrons. The Kier molecular flexibility index (Phi) is 2.01. The van der Waals surface area contributed by atoms with Gasteiger partial charge in [0, 0.05) is 0 Å². The van der Waals surface area contributed by atoms with E-state index in [1.807, 2.05) is 24.3 Å². The molecule has 0 aliphatic heterocycles. The molecular formula is C8H8N4O. The van der Waals surface area contributed by atoms with Crippen molar-refractivity contribution < 1.29 is 5.11 Å². The van der Waals surface area contributed by atoms with Gasteiger partial charge in [-0.05, 0) is 28.1 Å². The van der Waals surface area contributed by atoms with Crippen molar-refractivity contribution in [3.63, 3.8) is 0 Å². The highest BCUT2D eigenvalue weighted by molar-refractivity contribution is 5.33. The van der Waals surface area contributed by atoms with E-state index in [0.29, 0.717) is 0 Å². The first-order chi connectivity index (χ1) is 6.40. The lowest BCUT2D eigenvalue weighted by Gasteiger charge is -2.00. The van der Waals surface area contributed by atoms with E-state index in [9.17, 15) is 0 Å². The van der Waals surface area contributed by atoms with Crippen LogP contribution in [0.2, 0.25) is 0 Å². The van der Waals surface area contributed by atoms with Crippen LogP contribution in [0, 0.1) is 0 Å². The molecule has 13 heavy (non-hydrogen) atoms. The first-order valence-corrected chi connectivity index (χ1v) is 3.83. The van der Waals surface area contributed by atoms with Crippen LogP contribution >= 0.6 is 0 Å². The lowest BCUT2D eigenvalue weighted by atomic mass is 10.2. The third-order valence-electron chi connectivity index (χ3n) is 1.71. The molecule has 1 heterocycles. The maximum atomic E-state index is 8.90. The Morgan fingerprint density at radius 3 is 3.00 bits per heavy atom. The van der Waals surface area contributed by atoms with Gasteiger partial charge >= 0.3 is 0 Å². The molecule has 0 aliphatic carbocycles. The average Bonchev–Trinajstić information content (AvgIpc) is 2.71. The van der Waals surface area contributed by atoms with Crippen LogP contribution < -0.4 is 0 Å². The summed E-state index contributed by atoms with van der Waals surface area (Å²) in [5.41, 5.74) is 1.68. The quantitative estimate of drug-likeness (QED) is 0.707. The van der Waals surface area contributed by atoms with Crippen molar-refractivity contribution in [1.29, 1.82) is 0 Å². The molecule has 0 bridgehead atoms. The highest BCUT2D eigenvalue weighted by atomic mass is 16.3. The van der Waals surface area contributed by atoms with Crippen LogP contribution in [0.25, 0.3) is 5.69 Å². The Morgan fingerprint density at radius 1 is 1.38 bits per heavy atom. The van der Waals surface area contributed by atoms with E-state index in [0.717, 1.165) is 11.3 Å². The maximum absolute atomic E-state index is 8.90. The van der Waals surface area contributed by atoms with Gasteiger partial charge in [-0.25, -0.2) is 4.68 Å². The smallest absolute Gasteiger partial charge is 0.143 e. The highest BCUT2D eigenvalue weighted by Crippen LogP contribution is 2.07. The molecule has 0 amide bonds. The molecule has 0 atom stereocenters. The molecule has 0 spiro atoms. The lowest BCUT2D eigenvalue weighted by Crippen LogP contribution is -1.96. The van der Waals surface area contributed by atoms with Crippen LogP contribution in [0.15, 0.2) is 30.6 Å². The molecule has 1 aromatic carbocycles. The SMILES string of the molecule is OCc1cccc(-n2cnnn2)c1. The summed E-state index contributed by atoms with van der Waals surface area (Å²) in [6.07, 6.45) is 1.51. The Morgan fingerprint density at radius 2 is 2.31 bits per heavy atom. The van der Waals surface area contributed by atoms with Gasteiger partial charge in [0.25, 0.3) is 0 Å². The minimum atomic E-state index is 0.0238. The molecule has 0 saturated carbocycles. The van der Waals surface area contributed by atoms with E-state index in [4.69, 9.17) is 5.11 Å². The van der Waals surface area contributed by atoms with Crippen LogP contribution in [0.5, 0.6) is 0 Å². The number of tetrazole rings is 1. The van der Waals surface area contributed by atoms with Crippen LogP contribution in [-0.4, -0.2) is 25.3 Å². The van der Waals surface area contributed by atoms with Gasteiger partial charge in [-0.2, -0.15) is 0 Å². The number of aromatic nitrogens is 4. The largest absolute Gasteiger partial charge is 0.392 e. The van der Waals surface area contributed by atoms with E-state index in [2.05, 4.69) is 15.5 Å². The molecule has 5 nitrogen and oxygen atoms in total. The molecule has 2 aromatic rings. The number of hydrogen-bond donors (Lipinski definition) is 1. The summed E-state index contributed by atoms with van der Waals surface area (Å²) in [5.74, 6) is 0. The molecule has 0 fully saturated rings. The number of rotatable bonds is 2. The Hall–Kier alpha value is -1.75. The zero-order chi connectivity index (χ0) is 9.10. The zero-order valence-corrected chi connectivity index (χ0v) is 6.83. The zero-order valence-electron chi connectivity index (χ0n) is 6.83. The predicted molar refractivity (Wildman–Crippen MR) is 45.1 cm³/mol. The highest BCUT2D eigenvalue weighted by Gasteiger charge is 1.97. The van der Waals surface area contributed by atoms with E-state index < -0.39 is 0 Å². The molecule has 1 N–H and O–H groups in total. The van der Waals surface area contributed by atoms with Crippen molar-refractivity contribution in [2.75, 3.05) is 0 Å². The van der Waals surface area contributed by atoms with Gasteiger partial charge in [0.1, 0.15) is 6.33 Å². The van der Waals surface area contributed by atoms with Gasteiger partial charge in [0.15, 0.2) is 0 Å². The van der Waals surface area contributed by atoms with Gasteiger partial charge in [0.05, 0.1) is 12.3 Å². The van der Waals surface area contributed by atoms with Gasteiger partial charge < -0.3 is 5.11 Å². The number of benzene rings is 1. The fourth-order valence-corrected chi connectivity index (χ4v) is 1.08. The monoisotopic (exact) mass is 176 g/mol. The molecule has 0 unspecified atom stereocenters. The first kappa shape index (κ1) is 7.88. The molecule has 1 aromatic heterocycles. The standard InChI is InChI=1S/C8H8N4O/c13-5-7-2-1-3-8(4-7)12-6-9-10-11-12/h1-4,6,13H,5H2. The Labute approximate surface area is 74.6 Å². The van der Waals surface area contributed by atoms with Crippen molar-refractivity contribution in [1.82, 2.24) is 20.2 Å². The lowest BCUT2D eigenvalue weighted by molar-refractivity contribution is 0.282. The third kappa shape index (κ3) is 1.54. The summed E-state index contributed by atoms with van der Waals surface area (Å²) >= 11 is 0. The summed E-state index contributed by atoms with van der Waals surface area (Å²) in [6.45, 7) is 0.0238. The fourth-order valence-electron chi connectivity index (χ4n) is 1.08.